The Morgan fingerprint density at radius 2 is 1.65 bits per heavy atom. The second-order valence-electron chi connectivity index (χ2n) is 11.0. The minimum Gasteiger partial charge on any atom is -0.291 e. The molecular weight excluding hydrogens is 316 g/mol. The van der Waals surface area contributed by atoms with Crippen LogP contribution in [-0.2, 0) is 0 Å². The van der Waals surface area contributed by atoms with Crippen molar-refractivity contribution in [2.75, 3.05) is 20.1 Å². The number of fused-ring (bicyclic) bond motifs is 1. The van der Waals surface area contributed by atoms with E-state index in [9.17, 15) is 0 Å². The highest BCUT2D eigenvalue weighted by Crippen LogP contribution is 2.54. The molecule has 0 amide bonds. The molecule has 1 saturated carbocycles. The Morgan fingerprint density at radius 3 is 2.23 bits per heavy atom. The summed E-state index contributed by atoms with van der Waals surface area (Å²) in [5, 5.41) is 0. The van der Waals surface area contributed by atoms with E-state index in [-0.39, 0.29) is 0 Å². The van der Waals surface area contributed by atoms with E-state index in [1.807, 2.05) is 0 Å². The first kappa shape index (κ1) is 20.6. The van der Waals surface area contributed by atoms with Gasteiger partial charge in [0.1, 0.15) is 0 Å². The zero-order valence-corrected chi connectivity index (χ0v) is 18.7. The molecule has 3 aliphatic rings. The van der Waals surface area contributed by atoms with E-state index in [0.717, 1.165) is 17.9 Å². The number of hydrogen-bond donors (Lipinski definition) is 0. The van der Waals surface area contributed by atoms with Crippen LogP contribution in [0.3, 0.4) is 0 Å². The van der Waals surface area contributed by atoms with Crippen molar-refractivity contribution in [3.63, 3.8) is 0 Å². The maximum absolute atomic E-state index is 2.98. The second kappa shape index (κ2) is 8.11. The number of piperidine rings is 1. The third-order valence-corrected chi connectivity index (χ3v) is 8.71. The van der Waals surface area contributed by atoms with Crippen molar-refractivity contribution in [3.05, 3.63) is 0 Å². The summed E-state index contributed by atoms with van der Waals surface area (Å²) >= 11 is 0. The van der Waals surface area contributed by atoms with Gasteiger partial charge in [-0.15, -0.1) is 0 Å². The van der Waals surface area contributed by atoms with E-state index in [0.29, 0.717) is 17.0 Å². The molecule has 2 heterocycles. The van der Waals surface area contributed by atoms with Crippen LogP contribution < -0.4 is 0 Å². The molecular formula is C24H46N2. The van der Waals surface area contributed by atoms with Crippen LogP contribution in [0.2, 0.25) is 0 Å². The van der Waals surface area contributed by atoms with Gasteiger partial charge in [0.15, 0.2) is 0 Å². The van der Waals surface area contributed by atoms with Crippen molar-refractivity contribution >= 4 is 0 Å². The first-order valence-corrected chi connectivity index (χ1v) is 11.8. The van der Waals surface area contributed by atoms with Gasteiger partial charge in [-0.3, -0.25) is 9.80 Å². The van der Waals surface area contributed by atoms with E-state index in [1.54, 1.807) is 0 Å². The van der Waals surface area contributed by atoms with Gasteiger partial charge >= 0.3 is 0 Å². The quantitative estimate of drug-likeness (QED) is 0.578. The van der Waals surface area contributed by atoms with Gasteiger partial charge in [-0.05, 0) is 55.5 Å². The van der Waals surface area contributed by atoms with E-state index < -0.39 is 0 Å². The largest absolute Gasteiger partial charge is 0.291 e. The first-order chi connectivity index (χ1) is 12.3. The second-order valence-corrected chi connectivity index (χ2v) is 11.0. The van der Waals surface area contributed by atoms with Gasteiger partial charge in [0.05, 0.1) is 6.17 Å². The summed E-state index contributed by atoms with van der Waals surface area (Å²) in [4.78, 5) is 5.71. The molecule has 0 spiro atoms. The fourth-order valence-corrected chi connectivity index (χ4v) is 6.83. The van der Waals surface area contributed by atoms with Crippen molar-refractivity contribution in [1.29, 1.82) is 0 Å². The van der Waals surface area contributed by atoms with Gasteiger partial charge in [0.2, 0.25) is 0 Å². The van der Waals surface area contributed by atoms with Gasteiger partial charge in [-0.2, -0.15) is 0 Å². The molecule has 2 heteroatoms. The predicted molar refractivity (Wildman–Crippen MR) is 113 cm³/mol. The van der Waals surface area contributed by atoms with Crippen molar-refractivity contribution in [2.45, 2.75) is 111 Å². The van der Waals surface area contributed by atoms with Gasteiger partial charge in [-0.25, -0.2) is 0 Å². The highest BCUT2D eigenvalue weighted by Gasteiger charge is 2.55. The molecule has 0 aromatic carbocycles. The number of hydrogen-bond acceptors (Lipinski definition) is 2. The minimum atomic E-state index is 0.387. The summed E-state index contributed by atoms with van der Waals surface area (Å²) in [6.07, 6.45) is 15.1. The van der Waals surface area contributed by atoms with Crippen molar-refractivity contribution in [2.24, 2.45) is 22.7 Å². The van der Waals surface area contributed by atoms with Crippen LogP contribution in [0, 0.1) is 22.7 Å². The fraction of sp³-hybridized carbons (Fsp3) is 1.00. The van der Waals surface area contributed by atoms with Crippen molar-refractivity contribution < 1.29 is 0 Å². The van der Waals surface area contributed by atoms with E-state index in [1.165, 1.54) is 77.3 Å². The highest BCUT2D eigenvalue weighted by molar-refractivity contribution is 5.06. The molecule has 3 fully saturated rings. The number of rotatable bonds is 5. The molecule has 1 aliphatic carbocycles. The summed E-state index contributed by atoms with van der Waals surface area (Å²) < 4.78 is 0. The topological polar surface area (TPSA) is 6.48 Å². The molecule has 0 radical (unpaired) electrons. The molecule has 2 aliphatic heterocycles. The standard InChI is InChI=1S/C24H46N2/c1-7-24(8-2)15-17-25(6)22-20(24)18-21(23(3,4)5)26(22)16-14-19-12-10-9-11-13-19/h19-22H,7-18H2,1-6H3. The average molecular weight is 363 g/mol. The Hall–Kier alpha value is -0.0800. The average Bonchev–Trinajstić information content (AvgIpc) is 3.03. The van der Waals surface area contributed by atoms with Crippen LogP contribution in [-0.4, -0.2) is 42.1 Å². The zero-order valence-electron chi connectivity index (χ0n) is 18.7. The molecule has 0 bridgehead atoms. The van der Waals surface area contributed by atoms with Gasteiger partial charge in [0.25, 0.3) is 0 Å². The van der Waals surface area contributed by atoms with Crippen LogP contribution in [0.5, 0.6) is 0 Å². The van der Waals surface area contributed by atoms with Crippen LogP contribution in [0.25, 0.3) is 0 Å². The summed E-state index contributed by atoms with van der Waals surface area (Å²) in [6, 6.07) is 0.749. The van der Waals surface area contributed by atoms with Gasteiger partial charge in [0, 0.05) is 12.6 Å². The smallest absolute Gasteiger partial charge is 0.0657 e. The van der Waals surface area contributed by atoms with Crippen molar-refractivity contribution in [1.82, 2.24) is 9.80 Å². The maximum Gasteiger partial charge on any atom is 0.0657 e. The third-order valence-electron chi connectivity index (χ3n) is 8.71. The summed E-state index contributed by atoms with van der Waals surface area (Å²) in [7, 11) is 2.41. The number of nitrogens with zero attached hydrogens (tertiary/aromatic N) is 2. The fourth-order valence-electron chi connectivity index (χ4n) is 6.83. The molecule has 26 heavy (non-hydrogen) atoms. The molecule has 2 nitrogen and oxygen atoms in total. The first-order valence-electron chi connectivity index (χ1n) is 11.8. The minimum absolute atomic E-state index is 0.387. The lowest BCUT2D eigenvalue weighted by Crippen LogP contribution is -2.57. The Labute approximate surface area is 164 Å². The lowest BCUT2D eigenvalue weighted by Gasteiger charge is -2.51. The predicted octanol–water partition coefficient (Wildman–Crippen LogP) is 6.16. The molecule has 3 unspecified atom stereocenters. The van der Waals surface area contributed by atoms with E-state index in [2.05, 4.69) is 51.5 Å². The Morgan fingerprint density at radius 1 is 1.00 bits per heavy atom. The van der Waals surface area contributed by atoms with Crippen LogP contribution >= 0.6 is 0 Å². The summed E-state index contributed by atoms with van der Waals surface area (Å²) in [5.74, 6) is 1.87. The maximum atomic E-state index is 2.98. The summed E-state index contributed by atoms with van der Waals surface area (Å²) in [6.45, 7) is 15.0. The van der Waals surface area contributed by atoms with E-state index >= 15 is 0 Å². The highest BCUT2D eigenvalue weighted by atomic mass is 15.4. The molecule has 2 saturated heterocycles. The Kier molecular flexibility index (Phi) is 6.44. The summed E-state index contributed by atoms with van der Waals surface area (Å²) in [5.41, 5.74) is 0.970. The number of likely N-dealkylation sites (tertiary alicyclic amines) is 2. The van der Waals surface area contributed by atoms with Gasteiger partial charge in [-0.1, -0.05) is 79.6 Å². The molecule has 0 aromatic heterocycles. The van der Waals surface area contributed by atoms with Crippen molar-refractivity contribution in [3.8, 4) is 0 Å². The van der Waals surface area contributed by atoms with Crippen LogP contribution in [0.1, 0.15) is 98.8 Å². The molecule has 152 valence electrons. The molecule has 3 rings (SSSR count). The monoisotopic (exact) mass is 362 g/mol. The van der Waals surface area contributed by atoms with Crippen LogP contribution in [0.4, 0.5) is 0 Å². The Balaban J connectivity index is 1.81. The van der Waals surface area contributed by atoms with Gasteiger partial charge < -0.3 is 0 Å². The SMILES string of the molecule is CCC1(CC)CCN(C)C2C1CC(C(C)(C)C)N2CCC1CCCCC1. The normalized spacial score (nSPS) is 34.2. The molecule has 0 aromatic rings. The lowest BCUT2D eigenvalue weighted by molar-refractivity contribution is -0.0564. The molecule has 0 N–H and O–H groups in total. The lowest BCUT2D eigenvalue weighted by atomic mass is 9.64. The van der Waals surface area contributed by atoms with Crippen LogP contribution in [0.15, 0.2) is 0 Å². The van der Waals surface area contributed by atoms with E-state index in [4.69, 9.17) is 0 Å². The third kappa shape index (κ3) is 3.88. The Bertz CT molecular complexity index is 442. The zero-order chi connectivity index (χ0) is 18.9. The molecule has 3 atom stereocenters.